The topological polar surface area (TPSA) is 60.7 Å². The van der Waals surface area contributed by atoms with Crippen molar-refractivity contribution < 1.29 is 18.0 Å². The molecule has 0 bridgehead atoms. The number of aromatic nitrogens is 4. The van der Waals surface area contributed by atoms with Gasteiger partial charge in [-0.05, 0) is 18.2 Å². The Balaban J connectivity index is 2.13. The van der Waals surface area contributed by atoms with E-state index in [1.165, 1.54) is 23.1 Å². The van der Waals surface area contributed by atoms with Crippen LogP contribution < -0.4 is 0 Å². The van der Waals surface area contributed by atoms with Crippen LogP contribution in [0.3, 0.4) is 0 Å². The molecule has 3 rings (SSSR count). The third-order valence-electron chi connectivity index (χ3n) is 3.91. The fourth-order valence-corrected chi connectivity index (χ4v) is 2.49. The lowest BCUT2D eigenvalue weighted by atomic mass is 9.96. The quantitative estimate of drug-likeness (QED) is 0.652. The lowest BCUT2D eigenvalue weighted by Gasteiger charge is -2.15. The Labute approximate surface area is 153 Å². The van der Waals surface area contributed by atoms with Crippen molar-refractivity contribution in [2.45, 2.75) is 26.9 Å². The van der Waals surface area contributed by atoms with Crippen LogP contribution in [0.4, 0.5) is 13.2 Å². The molecule has 140 valence electrons. The largest absolute Gasteiger partial charge is 0.416 e. The zero-order chi connectivity index (χ0) is 19.8. The first-order valence-corrected chi connectivity index (χ1v) is 8.16. The monoisotopic (exact) mass is 374 g/mol. The number of hydrogen-bond acceptors (Lipinski definition) is 4. The first-order chi connectivity index (χ1) is 12.6. The highest BCUT2D eigenvalue weighted by atomic mass is 19.4. The fraction of sp³-hybridized carbons (Fsp3) is 0.263. The lowest BCUT2D eigenvalue weighted by molar-refractivity contribution is -0.137. The van der Waals surface area contributed by atoms with Crippen molar-refractivity contribution in [3.8, 4) is 22.5 Å². The molecule has 0 saturated carbocycles. The molecule has 0 amide bonds. The average molecular weight is 374 g/mol. The minimum Gasteiger partial charge on any atom is -0.272 e. The maximum absolute atomic E-state index is 12.8. The van der Waals surface area contributed by atoms with E-state index in [4.69, 9.17) is 0 Å². The molecule has 0 fully saturated rings. The van der Waals surface area contributed by atoms with Crippen molar-refractivity contribution in [2.24, 2.45) is 5.41 Å². The smallest absolute Gasteiger partial charge is 0.272 e. The van der Waals surface area contributed by atoms with E-state index in [0.717, 1.165) is 12.1 Å². The molecule has 27 heavy (non-hydrogen) atoms. The second kappa shape index (κ2) is 6.61. The van der Waals surface area contributed by atoms with Gasteiger partial charge in [-0.1, -0.05) is 32.9 Å². The van der Waals surface area contributed by atoms with Crippen LogP contribution in [0.1, 0.15) is 31.1 Å². The van der Waals surface area contributed by atoms with E-state index in [2.05, 4.69) is 15.1 Å². The van der Waals surface area contributed by atoms with E-state index in [1.54, 1.807) is 39.2 Å². The minimum absolute atomic E-state index is 0.240. The van der Waals surface area contributed by atoms with Gasteiger partial charge in [-0.25, -0.2) is 14.6 Å². The van der Waals surface area contributed by atoms with E-state index >= 15 is 0 Å². The molecule has 0 saturated heterocycles. The zero-order valence-electron chi connectivity index (χ0n) is 14.9. The Morgan fingerprint density at radius 1 is 1.04 bits per heavy atom. The molecule has 0 aliphatic heterocycles. The van der Waals surface area contributed by atoms with Crippen LogP contribution in [0, 0.1) is 5.41 Å². The summed E-state index contributed by atoms with van der Waals surface area (Å²) in [6.07, 6.45) is 0.0229. The predicted octanol–water partition coefficient (Wildman–Crippen LogP) is 4.71. The van der Waals surface area contributed by atoms with Gasteiger partial charge in [0, 0.05) is 28.9 Å². The predicted molar refractivity (Wildman–Crippen MR) is 93.8 cm³/mol. The van der Waals surface area contributed by atoms with Gasteiger partial charge in [-0.2, -0.15) is 18.3 Å². The first kappa shape index (κ1) is 18.8. The Morgan fingerprint density at radius 3 is 2.22 bits per heavy atom. The Morgan fingerprint density at radius 2 is 1.70 bits per heavy atom. The van der Waals surface area contributed by atoms with Gasteiger partial charge in [0.1, 0.15) is 12.0 Å². The molecule has 0 aliphatic rings. The van der Waals surface area contributed by atoms with Gasteiger partial charge < -0.3 is 0 Å². The third kappa shape index (κ3) is 3.89. The summed E-state index contributed by atoms with van der Waals surface area (Å²) < 4.78 is 39.7. The SMILES string of the molecule is CC(C)(C)C(=O)n1cc(-c2ccncn2)c(-c2ccc(C(F)(F)F)cc2)n1. The number of carbonyl (C=O) groups excluding carboxylic acids is 1. The van der Waals surface area contributed by atoms with Crippen LogP contribution in [0.25, 0.3) is 22.5 Å². The molecule has 0 N–H and O–H groups in total. The number of halogens is 3. The highest BCUT2D eigenvalue weighted by molar-refractivity contribution is 5.87. The third-order valence-corrected chi connectivity index (χ3v) is 3.91. The van der Waals surface area contributed by atoms with Crippen LogP contribution in [-0.4, -0.2) is 25.7 Å². The second-order valence-electron chi connectivity index (χ2n) is 7.06. The van der Waals surface area contributed by atoms with Crippen molar-refractivity contribution in [3.63, 3.8) is 0 Å². The van der Waals surface area contributed by atoms with Crippen molar-refractivity contribution in [3.05, 3.63) is 54.6 Å². The van der Waals surface area contributed by atoms with E-state index in [1.807, 2.05) is 0 Å². The van der Waals surface area contributed by atoms with Crippen molar-refractivity contribution in [1.82, 2.24) is 19.7 Å². The summed E-state index contributed by atoms with van der Waals surface area (Å²) in [5, 5.41) is 4.34. The number of rotatable bonds is 2. The van der Waals surface area contributed by atoms with Gasteiger partial charge in [-0.3, -0.25) is 4.79 Å². The number of alkyl halides is 3. The van der Waals surface area contributed by atoms with Crippen molar-refractivity contribution in [2.75, 3.05) is 0 Å². The summed E-state index contributed by atoms with van der Waals surface area (Å²) in [6.45, 7) is 5.29. The highest BCUT2D eigenvalue weighted by Gasteiger charge is 2.30. The molecule has 0 aliphatic carbocycles. The summed E-state index contributed by atoms with van der Waals surface area (Å²) >= 11 is 0. The van der Waals surface area contributed by atoms with Crippen LogP contribution >= 0.6 is 0 Å². The molecule has 0 spiro atoms. The first-order valence-electron chi connectivity index (χ1n) is 8.16. The maximum atomic E-state index is 12.8. The van der Waals surface area contributed by atoms with Gasteiger partial charge >= 0.3 is 6.18 Å². The van der Waals surface area contributed by atoms with Crippen LogP contribution in [0.5, 0.6) is 0 Å². The van der Waals surface area contributed by atoms with Gasteiger partial charge in [-0.15, -0.1) is 0 Å². The number of benzene rings is 1. The normalized spacial score (nSPS) is 12.2. The average Bonchev–Trinajstić information content (AvgIpc) is 3.05. The van der Waals surface area contributed by atoms with E-state index < -0.39 is 17.2 Å². The van der Waals surface area contributed by atoms with Gasteiger partial charge in [0.05, 0.1) is 11.3 Å². The molecule has 1 aromatic carbocycles. The van der Waals surface area contributed by atoms with E-state index in [0.29, 0.717) is 22.5 Å². The molecule has 8 heteroatoms. The van der Waals surface area contributed by atoms with Crippen molar-refractivity contribution >= 4 is 5.91 Å². The molecule has 0 radical (unpaired) electrons. The molecular weight excluding hydrogens is 357 g/mol. The lowest BCUT2D eigenvalue weighted by Crippen LogP contribution is -2.27. The summed E-state index contributed by atoms with van der Waals surface area (Å²) in [5.74, 6) is -0.240. The summed E-state index contributed by atoms with van der Waals surface area (Å²) in [4.78, 5) is 20.6. The number of hydrogen-bond donors (Lipinski definition) is 0. The molecule has 2 heterocycles. The summed E-state index contributed by atoms with van der Waals surface area (Å²) in [5.41, 5.74) is 0.464. The second-order valence-corrected chi connectivity index (χ2v) is 7.06. The Hall–Kier alpha value is -3.03. The zero-order valence-corrected chi connectivity index (χ0v) is 14.9. The van der Waals surface area contributed by atoms with Gasteiger partial charge in [0.15, 0.2) is 0 Å². The standard InChI is InChI=1S/C19H17F3N4O/c1-18(2,3)17(27)26-10-14(15-8-9-23-11-24-15)16(25-26)12-4-6-13(7-5-12)19(20,21)22/h4-11H,1-3H3. The highest BCUT2D eigenvalue weighted by Crippen LogP contribution is 2.34. The number of nitrogens with zero attached hydrogens (tertiary/aromatic N) is 4. The van der Waals surface area contributed by atoms with Crippen LogP contribution in [0.15, 0.2) is 49.1 Å². The summed E-state index contributed by atoms with van der Waals surface area (Å²) in [6, 6.07) is 6.30. The molecule has 3 aromatic rings. The van der Waals surface area contributed by atoms with E-state index in [-0.39, 0.29) is 5.91 Å². The molecule has 2 aromatic heterocycles. The Kier molecular flexibility index (Phi) is 4.59. The van der Waals surface area contributed by atoms with Gasteiger partial charge in [0.2, 0.25) is 0 Å². The Bertz CT molecular complexity index is 955. The maximum Gasteiger partial charge on any atom is 0.416 e. The molecule has 0 atom stereocenters. The minimum atomic E-state index is -4.42. The van der Waals surface area contributed by atoms with Gasteiger partial charge in [0.25, 0.3) is 5.91 Å². The van der Waals surface area contributed by atoms with Crippen LogP contribution in [0.2, 0.25) is 0 Å². The molecular formula is C19H17F3N4O. The molecule has 5 nitrogen and oxygen atoms in total. The number of carbonyl (C=O) groups is 1. The summed E-state index contributed by atoms with van der Waals surface area (Å²) in [7, 11) is 0. The fourth-order valence-electron chi connectivity index (χ4n) is 2.49. The van der Waals surface area contributed by atoms with E-state index in [9.17, 15) is 18.0 Å². The van der Waals surface area contributed by atoms with Crippen LogP contribution in [-0.2, 0) is 6.18 Å². The van der Waals surface area contributed by atoms with Crippen molar-refractivity contribution in [1.29, 1.82) is 0 Å². The molecule has 0 unspecified atom stereocenters.